The summed E-state index contributed by atoms with van der Waals surface area (Å²) in [6.45, 7) is 5.02. The van der Waals surface area contributed by atoms with Gasteiger partial charge in [-0.05, 0) is 74.8 Å². The fourth-order valence-corrected chi connectivity index (χ4v) is 3.61. The first-order chi connectivity index (χ1) is 15.8. The average Bonchev–Trinajstić information content (AvgIpc) is 3.35. The van der Waals surface area contributed by atoms with E-state index in [0.717, 1.165) is 11.4 Å². The van der Waals surface area contributed by atoms with E-state index in [0.29, 0.717) is 29.3 Å². The summed E-state index contributed by atoms with van der Waals surface area (Å²) in [5.41, 5.74) is 2.01. The summed E-state index contributed by atoms with van der Waals surface area (Å²) >= 11 is 1.38. The second-order valence-corrected chi connectivity index (χ2v) is 8.76. The van der Waals surface area contributed by atoms with E-state index >= 15 is 0 Å². The zero-order valence-electron chi connectivity index (χ0n) is 18.9. The fraction of sp³-hybridized carbons (Fsp3) is 0.208. The molecule has 1 heterocycles. The van der Waals surface area contributed by atoms with Crippen LogP contribution in [0.1, 0.15) is 36.7 Å². The standard InChI is InChI=1S/C14H14N2O2S.C10H14NO2S.2H2/c1-2-15-13(17)10-5-3-6-11(9-10)16-14(18)12-7-4-8-19-12;1-4-13-10-7-5-9(6-8-10)11(2)14(3)12;;/h3-9H,2H2,1H3,(H,15,17)(H,16,18);5-8H,3-4H2,1-2H3;2*1H/q;-1;;. The lowest BCUT2D eigenvalue weighted by atomic mass is 10.2. The molecule has 0 spiro atoms. The third kappa shape index (κ3) is 8.28. The molecule has 3 aromatic rings. The van der Waals surface area contributed by atoms with E-state index in [4.69, 9.17) is 4.74 Å². The molecule has 0 aliphatic rings. The van der Waals surface area contributed by atoms with E-state index in [9.17, 15) is 13.8 Å². The number of carbonyl (C=O) groups is 2. The van der Waals surface area contributed by atoms with Crippen LogP contribution >= 0.6 is 11.3 Å². The molecule has 0 aliphatic heterocycles. The second kappa shape index (κ2) is 13.3. The van der Waals surface area contributed by atoms with Gasteiger partial charge in [0.2, 0.25) is 0 Å². The van der Waals surface area contributed by atoms with Crippen molar-refractivity contribution in [3.8, 4) is 5.75 Å². The van der Waals surface area contributed by atoms with E-state index in [2.05, 4.69) is 16.5 Å². The lowest BCUT2D eigenvalue weighted by molar-refractivity contribution is 0.0954. The van der Waals surface area contributed by atoms with Crippen LogP contribution in [-0.4, -0.2) is 37.9 Å². The molecule has 2 N–H and O–H groups in total. The van der Waals surface area contributed by atoms with Crippen molar-refractivity contribution in [2.24, 2.45) is 0 Å². The van der Waals surface area contributed by atoms with Crippen molar-refractivity contribution >= 4 is 51.0 Å². The lowest BCUT2D eigenvalue weighted by Gasteiger charge is -2.23. The maximum absolute atomic E-state index is 11.9. The van der Waals surface area contributed by atoms with Gasteiger partial charge in [0.15, 0.2) is 0 Å². The van der Waals surface area contributed by atoms with Crippen molar-refractivity contribution in [1.29, 1.82) is 0 Å². The summed E-state index contributed by atoms with van der Waals surface area (Å²) < 4.78 is 17.9. The Morgan fingerprint density at radius 2 is 1.82 bits per heavy atom. The van der Waals surface area contributed by atoms with E-state index in [-0.39, 0.29) is 14.7 Å². The Kier molecular flexibility index (Phi) is 10.5. The van der Waals surface area contributed by atoms with Crippen LogP contribution in [0.4, 0.5) is 11.4 Å². The molecule has 3 rings (SSSR count). The zero-order valence-corrected chi connectivity index (χ0v) is 20.5. The molecule has 0 saturated heterocycles. The minimum absolute atomic E-state index is 0. The third-order valence-electron chi connectivity index (χ3n) is 4.28. The fourth-order valence-electron chi connectivity index (χ4n) is 2.64. The van der Waals surface area contributed by atoms with Crippen LogP contribution in [0.5, 0.6) is 5.75 Å². The van der Waals surface area contributed by atoms with Gasteiger partial charge < -0.3 is 23.9 Å². The Morgan fingerprint density at radius 1 is 1.09 bits per heavy atom. The molecular weight excluding hydrogens is 458 g/mol. The molecule has 2 amide bonds. The Morgan fingerprint density at radius 3 is 2.39 bits per heavy atom. The van der Waals surface area contributed by atoms with E-state index in [1.165, 1.54) is 11.3 Å². The molecule has 9 heteroatoms. The minimum atomic E-state index is -1.23. The molecule has 0 atom stereocenters. The number of nitrogens with zero attached hydrogens (tertiary/aromatic N) is 1. The van der Waals surface area contributed by atoms with Crippen LogP contribution in [0.25, 0.3) is 0 Å². The van der Waals surface area contributed by atoms with Crippen LogP contribution in [-0.2, 0) is 14.8 Å². The van der Waals surface area contributed by atoms with Gasteiger partial charge in [-0.3, -0.25) is 9.59 Å². The molecule has 180 valence electrons. The summed E-state index contributed by atoms with van der Waals surface area (Å²) in [4.78, 5) is 24.2. The van der Waals surface area contributed by atoms with Crippen molar-refractivity contribution in [1.82, 2.24) is 5.32 Å². The number of benzene rings is 2. The van der Waals surface area contributed by atoms with E-state index < -0.39 is 10.6 Å². The smallest absolute Gasteiger partial charge is 0.265 e. The van der Waals surface area contributed by atoms with Crippen molar-refractivity contribution in [3.63, 3.8) is 0 Å². The van der Waals surface area contributed by atoms with Gasteiger partial charge in [-0.15, -0.1) is 11.3 Å². The number of nitrogens with one attached hydrogen (secondary N) is 2. The van der Waals surface area contributed by atoms with Crippen molar-refractivity contribution in [2.75, 3.05) is 29.8 Å². The number of hydrogen-bond acceptors (Lipinski definition) is 6. The van der Waals surface area contributed by atoms with Crippen LogP contribution in [0.2, 0.25) is 0 Å². The number of hydrogen-bond donors (Lipinski definition) is 2. The molecule has 0 radical (unpaired) electrons. The normalized spacial score (nSPS) is 10.1. The van der Waals surface area contributed by atoms with Crippen LogP contribution in [0.3, 0.4) is 0 Å². The average molecular weight is 491 g/mol. The molecule has 0 unspecified atom stereocenters. The van der Waals surface area contributed by atoms with E-state index in [1.54, 1.807) is 41.7 Å². The van der Waals surface area contributed by atoms with Crippen molar-refractivity contribution < 1.29 is 21.4 Å². The molecule has 1 aromatic heterocycles. The Labute approximate surface area is 203 Å². The number of rotatable bonds is 8. The maximum atomic E-state index is 11.9. The van der Waals surface area contributed by atoms with Crippen molar-refractivity contribution in [2.45, 2.75) is 13.8 Å². The highest BCUT2D eigenvalue weighted by Gasteiger charge is 2.09. The molecule has 33 heavy (non-hydrogen) atoms. The van der Waals surface area contributed by atoms with Crippen LogP contribution in [0, 0.1) is 0 Å². The quantitative estimate of drug-likeness (QED) is 0.341. The monoisotopic (exact) mass is 490 g/mol. The summed E-state index contributed by atoms with van der Waals surface area (Å²) in [6.07, 6.45) is 0. The van der Waals surface area contributed by atoms with Gasteiger partial charge in [0.25, 0.3) is 11.8 Å². The number of anilines is 2. The van der Waals surface area contributed by atoms with Crippen LogP contribution in [0.15, 0.2) is 66.0 Å². The highest BCUT2D eigenvalue weighted by molar-refractivity contribution is 7.83. The molecule has 0 aliphatic carbocycles. The maximum Gasteiger partial charge on any atom is 0.265 e. The Hall–Kier alpha value is -3.30. The molecular formula is C24H32N3O4S2-. The third-order valence-corrected chi connectivity index (χ3v) is 5.97. The number of carbonyl (C=O) groups excluding carboxylic acids is 2. The minimum Gasteiger partial charge on any atom is -0.494 e. The highest BCUT2D eigenvalue weighted by atomic mass is 32.2. The molecule has 0 fully saturated rings. The highest BCUT2D eigenvalue weighted by Crippen LogP contribution is 2.18. The number of thiophene rings is 1. The van der Waals surface area contributed by atoms with Gasteiger partial charge >= 0.3 is 0 Å². The van der Waals surface area contributed by atoms with Gasteiger partial charge in [0.05, 0.1) is 11.5 Å². The van der Waals surface area contributed by atoms with Crippen molar-refractivity contribution in [3.05, 3.63) is 76.5 Å². The number of ether oxygens (including phenoxy) is 1. The first-order valence-corrected chi connectivity index (χ1v) is 12.4. The van der Waals surface area contributed by atoms with Gasteiger partial charge in [-0.1, -0.05) is 12.1 Å². The Balaban J connectivity index is 0.000000652. The predicted octanol–water partition coefficient (Wildman–Crippen LogP) is 5.07. The molecule has 0 bridgehead atoms. The molecule has 2 aromatic carbocycles. The SMILES string of the molecule is C=[S-](=O)N(C)c1ccc(OCC)cc1.CCNC(=O)c1cccc(NC(=O)c2cccs2)c1.[HH].[HH]. The largest absolute Gasteiger partial charge is 0.494 e. The topological polar surface area (TPSA) is 87.7 Å². The summed E-state index contributed by atoms with van der Waals surface area (Å²) in [6, 6.07) is 17.9. The van der Waals surface area contributed by atoms with E-state index in [1.807, 2.05) is 49.6 Å². The van der Waals surface area contributed by atoms with Gasteiger partial charge in [0.1, 0.15) is 5.75 Å². The zero-order chi connectivity index (χ0) is 24.2. The van der Waals surface area contributed by atoms with Gasteiger partial charge in [-0.25, -0.2) is 0 Å². The second-order valence-electron chi connectivity index (χ2n) is 6.62. The number of amides is 2. The van der Waals surface area contributed by atoms with Gasteiger partial charge in [-0.2, -0.15) is 16.4 Å². The molecule has 7 nitrogen and oxygen atoms in total. The molecule has 0 saturated carbocycles. The first kappa shape index (κ1) is 26.0. The predicted molar refractivity (Wildman–Crippen MR) is 142 cm³/mol. The Bertz CT molecular complexity index is 1110. The summed E-state index contributed by atoms with van der Waals surface area (Å²) in [5, 5.41) is 7.34. The van der Waals surface area contributed by atoms with Gasteiger partial charge in [0, 0.05) is 26.3 Å². The lowest BCUT2D eigenvalue weighted by Crippen LogP contribution is -2.22. The summed E-state index contributed by atoms with van der Waals surface area (Å²) in [7, 11) is 0.506. The van der Waals surface area contributed by atoms with Crippen LogP contribution < -0.4 is 19.7 Å². The first-order valence-electron chi connectivity index (χ1n) is 10.3. The summed E-state index contributed by atoms with van der Waals surface area (Å²) in [5.74, 6) is 3.95.